The molecule has 2 heteroatoms. The maximum absolute atomic E-state index is 12.1. The summed E-state index contributed by atoms with van der Waals surface area (Å²) in [5, 5.41) is 10.7. The first kappa shape index (κ1) is 16.3. The molecule has 20 heavy (non-hydrogen) atoms. The maximum atomic E-state index is 12.1. The van der Waals surface area contributed by atoms with Crippen LogP contribution in [0.5, 0.6) is 5.75 Å². The van der Waals surface area contributed by atoms with E-state index in [4.69, 9.17) is 0 Å². The molecule has 1 aromatic rings. The van der Waals surface area contributed by atoms with Crippen LogP contribution in [0.3, 0.4) is 0 Å². The van der Waals surface area contributed by atoms with Gasteiger partial charge in [0.2, 0.25) is 5.78 Å². The standard InChI is InChI=1S/C18H24O2/c1-8-9-14(19)12-10-11-13(17(2,3)4)16(20)15(12)18(5,6)7/h10-11,20H,1-7H3. The Labute approximate surface area is 122 Å². The number of carbonyl (C=O) groups is 1. The third-order valence-corrected chi connectivity index (χ3v) is 3.22. The van der Waals surface area contributed by atoms with Crippen molar-refractivity contribution in [3.05, 3.63) is 28.8 Å². The zero-order valence-corrected chi connectivity index (χ0v) is 13.5. The van der Waals surface area contributed by atoms with Crippen LogP contribution in [0.15, 0.2) is 12.1 Å². The van der Waals surface area contributed by atoms with Gasteiger partial charge < -0.3 is 5.11 Å². The summed E-state index contributed by atoms with van der Waals surface area (Å²) in [6, 6.07) is 3.61. The van der Waals surface area contributed by atoms with Gasteiger partial charge in [0.1, 0.15) is 5.75 Å². The molecule has 0 unspecified atom stereocenters. The van der Waals surface area contributed by atoms with Gasteiger partial charge >= 0.3 is 0 Å². The highest BCUT2D eigenvalue weighted by Crippen LogP contribution is 2.40. The van der Waals surface area contributed by atoms with Gasteiger partial charge in [-0.25, -0.2) is 0 Å². The monoisotopic (exact) mass is 272 g/mol. The van der Waals surface area contributed by atoms with Gasteiger partial charge in [-0.1, -0.05) is 53.5 Å². The quantitative estimate of drug-likeness (QED) is 0.473. The van der Waals surface area contributed by atoms with E-state index in [-0.39, 0.29) is 22.4 Å². The lowest BCUT2D eigenvalue weighted by molar-refractivity contribution is 0.105. The molecule has 0 bridgehead atoms. The molecule has 0 heterocycles. The van der Waals surface area contributed by atoms with E-state index < -0.39 is 0 Å². The molecular formula is C18H24O2. The molecule has 0 fully saturated rings. The van der Waals surface area contributed by atoms with E-state index in [0.717, 1.165) is 5.56 Å². The molecule has 0 amide bonds. The smallest absolute Gasteiger partial charge is 0.236 e. The van der Waals surface area contributed by atoms with Gasteiger partial charge in [0, 0.05) is 11.1 Å². The fraction of sp³-hybridized carbons (Fsp3) is 0.500. The topological polar surface area (TPSA) is 37.3 Å². The zero-order valence-electron chi connectivity index (χ0n) is 13.5. The molecule has 0 atom stereocenters. The van der Waals surface area contributed by atoms with E-state index in [9.17, 15) is 9.90 Å². The number of carbonyl (C=O) groups excluding carboxylic acids is 1. The van der Waals surface area contributed by atoms with Gasteiger partial charge in [0.25, 0.3) is 0 Å². The molecule has 0 spiro atoms. The third kappa shape index (κ3) is 3.22. The number of phenolic OH excluding ortho intramolecular Hbond substituents is 1. The molecule has 108 valence electrons. The van der Waals surface area contributed by atoms with E-state index >= 15 is 0 Å². The van der Waals surface area contributed by atoms with Crippen LogP contribution in [0.1, 0.15) is 70.0 Å². The molecule has 0 aliphatic rings. The molecule has 1 aromatic carbocycles. The first-order chi connectivity index (χ1) is 9.00. The van der Waals surface area contributed by atoms with Crippen LogP contribution < -0.4 is 0 Å². The highest BCUT2D eigenvalue weighted by atomic mass is 16.3. The van der Waals surface area contributed by atoms with Crippen LogP contribution >= 0.6 is 0 Å². The Morgan fingerprint density at radius 1 is 1.05 bits per heavy atom. The fourth-order valence-electron chi connectivity index (χ4n) is 2.33. The van der Waals surface area contributed by atoms with Gasteiger partial charge in [0.15, 0.2) is 0 Å². The van der Waals surface area contributed by atoms with Crippen LogP contribution in [-0.4, -0.2) is 10.9 Å². The first-order valence-electron chi connectivity index (χ1n) is 6.84. The van der Waals surface area contributed by atoms with Crippen molar-refractivity contribution < 1.29 is 9.90 Å². The Morgan fingerprint density at radius 3 is 2.00 bits per heavy atom. The molecular weight excluding hydrogens is 248 g/mol. The second kappa shape index (κ2) is 5.32. The van der Waals surface area contributed by atoms with Crippen molar-refractivity contribution in [1.29, 1.82) is 0 Å². The van der Waals surface area contributed by atoms with E-state index in [1.165, 1.54) is 0 Å². The predicted octanol–water partition coefficient (Wildman–Crippen LogP) is 4.19. The van der Waals surface area contributed by atoms with Crippen molar-refractivity contribution in [3.8, 4) is 17.6 Å². The van der Waals surface area contributed by atoms with E-state index in [1.807, 2.05) is 47.6 Å². The van der Waals surface area contributed by atoms with Crippen LogP contribution in [0, 0.1) is 11.8 Å². The van der Waals surface area contributed by atoms with Crippen molar-refractivity contribution in [3.63, 3.8) is 0 Å². The molecule has 1 rings (SSSR count). The summed E-state index contributed by atoms with van der Waals surface area (Å²) < 4.78 is 0. The van der Waals surface area contributed by atoms with E-state index in [1.54, 1.807) is 13.0 Å². The summed E-state index contributed by atoms with van der Waals surface area (Å²) >= 11 is 0. The first-order valence-corrected chi connectivity index (χ1v) is 6.84. The van der Waals surface area contributed by atoms with Crippen molar-refractivity contribution >= 4 is 5.78 Å². The molecule has 0 radical (unpaired) electrons. The normalized spacial score (nSPS) is 11.8. The van der Waals surface area contributed by atoms with Crippen molar-refractivity contribution in [2.24, 2.45) is 0 Å². The average molecular weight is 272 g/mol. The number of aromatic hydroxyl groups is 1. The number of hydrogen-bond acceptors (Lipinski definition) is 2. The second-order valence-electron chi connectivity index (χ2n) is 7.09. The summed E-state index contributed by atoms with van der Waals surface area (Å²) in [7, 11) is 0. The summed E-state index contributed by atoms with van der Waals surface area (Å²) in [6.07, 6.45) is 0. The molecule has 2 nitrogen and oxygen atoms in total. The van der Waals surface area contributed by atoms with Crippen LogP contribution in [0.2, 0.25) is 0 Å². The lowest BCUT2D eigenvalue weighted by Gasteiger charge is -2.28. The molecule has 1 N–H and O–H groups in total. The largest absolute Gasteiger partial charge is 0.507 e. The lowest BCUT2D eigenvalue weighted by Crippen LogP contribution is -2.20. The Balaban J connectivity index is 3.69. The molecule has 0 aromatic heterocycles. The number of phenols is 1. The SMILES string of the molecule is CC#CC(=O)c1ccc(C(C)(C)C)c(O)c1C(C)(C)C. The maximum Gasteiger partial charge on any atom is 0.236 e. The third-order valence-electron chi connectivity index (χ3n) is 3.22. The van der Waals surface area contributed by atoms with Crippen molar-refractivity contribution in [1.82, 2.24) is 0 Å². The molecule has 0 saturated heterocycles. The number of ketones is 1. The lowest BCUT2D eigenvalue weighted by atomic mass is 9.76. The summed E-state index contributed by atoms with van der Waals surface area (Å²) in [5.74, 6) is 5.16. The fourth-order valence-corrected chi connectivity index (χ4v) is 2.33. The number of Topliss-reactive ketones (excluding diaryl/α,β-unsaturated/α-hetero) is 1. The minimum absolute atomic E-state index is 0.178. The predicted molar refractivity (Wildman–Crippen MR) is 83.3 cm³/mol. The highest BCUT2D eigenvalue weighted by molar-refractivity contribution is 6.10. The number of benzene rings is 1. The van der Waals surface area contributed by atoms with Crippen LogP contribution in [0.25, 0.3) is 0 Å². The number of rotatable bonds is 1. The Kier molecular flexibility index (Phi) is 4.34. The van der Waals surface area contributed by atoms with Crippen molar-refractivity contribution in [2.45, 2.75) is 59.3 Å². The van der Waals surface area contributed by atoms with Gasteiger partial charge in [-0.15, -0.1) is 0 Å². The van der Waals surface area contributed by atoms with Gasteiger partial charge in [-0.05, 0) is 35.3 Å². The average Bonchev–Trinajstić information content (AvgIpc) is 2.25. The highest BCUT2D eigenvalue weighted by Gasteiger charge is 2.29. The van der Waals surface area contributed by atoms with Gasteiger partial charge in [0.05, 0.1) is 0 Å². The Bertz CT molecular complexity index is 585. The summed E-state index contributed by atoms with van der Waals surface area (Å²) in [6.45, 7) is 13.7. The zero-order chi connectivity index (χ0) is 15.7. The van der Waals surface area contributed by atoms with Crippen LogP contribution in [-0.2, 0) is 10.8 Å². The van der Waals surface area contributed by atoms with E-state index in [2.05, 4.69) is 11.8 Å². The molecule has 0 aliphatic carbocycles. The van der Waals surface area contributed by atoms with Crippen LogP contribution in [0.4, 0.5) is 0 Å². The Morgan fingerprint density at radius 2 is 1.60 bits per heavy atom. The van der Waals surface area contributed by atoms with Gasteiger partial charge in [-0.2, -0.15) is 0 Å². The second-order valence-corrected chi connectivity index (χ2v) is 7.09. The summed E-state index contributed by atoms with van der Waals surface area (Å²) in [5.41, 5.74) is 1.52. The minimum atomic E-state index is -0.328. The molecule has 0 saturated carbocycles. The minimum Gasteiger partial charge on any atom is -0.507 e. The number of hydrogen-bond donors (Lipinski definition) is 1. The Hall–Kier alpha value is -1.75. The van der Waals surface area contributed by atoms with Crippen molar-refractivity contribution in [2.75, 3.05) is 0 Å². The van der Waals surface area contributed by atoms with E-state index in [0.29, 0.717) is 11.1 Å². The molecule has 0 aliphatic heterocycles. The van der Waals surface area contributed by atoms with Gasteiger partial charge in [-0.3, -0.25) is 4.79 Å². The summed E-state index contributed by atoms with van der Waals surface area (Å²) in [4.78, 5) is 12.1.